The maximum atomic E-state index is 11.3. The highest BCUT2D eigenvalue weighted by Gasteiger charge is 2.32. The van der Waals surface area contributed by atoms with Gasteiger partial charge in [-0.2, -0.15) is 0 Å². The predicted molar refractivity (Wildman–Crippen MR) is 86.3 cm³/mol. The number of nitrogen functional groups attached to an aromatic ring is 1. The van der Waals surface area contributed by atoms with Crippen LogP contribution in [0.3, 0.4) is 0 Å². The van der Waals surface area contributed by atoms with E-state index in [1.54, 1.807) is 19.2 Å². The zero-order valence-electron chi connectivity index (χ0n) is 12.9. The Morgan fingerprint density at radius 3 is 3.00 bits per heavy atom. The van der Waals surface area contributed by atoms with Gasteiger partial charge in [-0.05, 0) is 37.1 Å². The van der Waals surface area contributed by atoms with Crippen molar-refractivity contribution in [2.75, 3.05) is 24.3 Å². The third kappa shape index (κ3) is 3.00. The number of anilines is 2. The Hall–Kier alpha value is -2.54. The average Bonchev–Trinajstić information content (AvgIpc) is 3.15. The maximum absolute atomic E-state index is 11.3. The summed E-state index contributed by atoms with van der Waals surface area (Å²) in [5, 5.41) is 11.3. The number of hydrogen-bond donors (Lipinski definition) is 1. The first-order valence-corrected chi connectivity index (χ1v) is 7.48. The molecular weight excluding hydrogens is 298 g/mol. The fourth-order valence-electron chi connectivity index (χ4n) is 3.07. The van der Waals surface area contributed by atoms with E-state index in [0.717, 1.165) is 30.9 Å². The van der Waals surface area contributed by atoms with E-state index in [4.69, 9.17) is 14.9 Å². The number of furan rings is 1. The Labute approximate surface area is 133 Å². The molecule has 0 radical (unpaired) electrons. The third-order valence-electron chi connectivity index (χ3n) is 4.06. The van der Waals surface area contributed by atoms with Gasteiger partial charge in [0.05, 0.1) is 11.0 Å². The second kappa shape index (κ2) is 6.29. The molecule has 0 amide bonds. The van der Waals surface area contributed by atoms with Crippen molar-refractivity contribution >= 4 is 17.1 Å². The Kier molecular flexibility index (Phi) is 4.20. The summed E-state index contributed by atoms with van der Waals surface area (Å²) < 4.78 is 10.9. The second-order valence-electron chi connectivity index (χ2n) is 5.59. The molecule has 3 rings (SSSR count). The summed E-state index contributed by atoms with van der Waals surface area (Å²) in [6.45, 7) is 1.14. The van der Waals surface area contributed by atoms with Crippen molar-refractivity contribution in [3.63, 3.8) is 0 Å². The second-order valence-corrected chi connectivity index (χ2v) is 5.59. The van der Waals surface area contributed by atoms with Crippen LogP contribution < -0.4 is 10.6 Å². The van der Waals surface area contributed by atoms with Crippen LogP contribution in [-0.4, -0.2) is 18.6 Å². The molecule has 2 N–H and O–H groups in total. The van der Waals surface area contributed by atoms with Gasteiger partial charge in [-0.25, -0.2) is 0 Å². The Bertz CT molecular complexity index is 713. The molecule has 0 saturated carbocycles. The summed E-state index contributed by atoms with van der Waals surface area (Å²) in [6.07, 6.45) is 1.82. The van der Waals surface area contributed by atoms with Gasteiger partial charge in [0.25, 0.3) is 5.69 Å². The average molecular weight is 317 g/mol. The van der Waals surface area contributed by atoms with Crippen molar-refractivity contribution in [1.29, 1.82) is 0 Å². The lowest BCUT2D eigenvalue weighted by molar-refractivity contribution is -0.384. The van der Waals surface area contributed by atoms with Gasteiger partial charge in [0.15, 0.2) is 0 Å². The molecular formula is C16H19N3O4. The first kappa shape index (κ1) is 15.4. The van der Waals surface area contributed by atoms with E-state index in [1.165, 1.54) is 6.07 Å². The van der Waals surface area contributed by atoms with Gasteiger partial charge >= 0.3 is 0 Å². The van der Waals surface area contributed by atoms with Crippen LogP contribution in [0.2, 0.25) is 0 Å². The highest BCUT2D eigenvalue weighted by atomic mass is 16.6. The smallest absolute Gasteiger partial charge is 0.292 e. The number of rotatable bonds is 5. The van der Waals surface area contributed by atoms with Crippen LogP contribution in [0.4, 0.5) is 17.1 Å². The maximum Gasteiger partial charge on any atom is 0.292 e. The van der Waals surface area contributed by atoms with Crippen molar-refractivity contribution in [3.05, 3.63) is 52.0 Å². The van der Waals surface area contributed by atoms with Gasteiger partial charge in [-0.3, -0.25) is 10.1 Å². The molecule has 1 aromatic carbocycles. The Morgan fingerprint density at radius 2 is 2.26 bits per heavy atom. The number of hydrogen-bond acceptors (Lipinski definition) is 6. The molecule has 1 aliphatic heterocycles. The normalized spacial score (nSPS) is 17.6. The zero-order chi connectivity index (χ0) is 16.4. The Morgan fingerprint density at radius 1 is 1.43 bits per heavy atom. The number of benzene rings is 1. The molecule has 23 heavy (non-hydrogen) atoms. The van der Waals surface area contributed by atoms with Crippen LogP contribution in [0.1, 0.15) is 30.4 Å². The number of nitro benzene ring substituents is 1. The van der Waals surface area contributed by atoms with E-state index in [-0.39, 0.29) is 16.7 Å². The van der Waals surface area contributed by atoms with Crippen molar-refractivity contribution in [3.8, 4) is 0 Å². The van der Waals surface area contributed by atoms with E-state index in [0.29, 0.717) is 18.0 Å². The minimum absolute atomic E-state index is 0.0268. The molecule has 1 aromatic heterocycles. The van der Waals surface area contributed by atoms with Crippen molar-refractivity contribution in [1.82, 2.24) is 0 Å². The van der Waals surface area contributed by atoms with Crippen molar-refractivity contribution in [2.24, 2.45) is 0 Å². The molecule has 0 bridgehead atoms. The highest BCUT2D eigenvalue weighted by Crippen LogP contribution is 2.41. The lowest BCUT2D eigenvalue weighted by Gasteiger charge is -2.25. The van der Waals surface area contributed by atoms with Crippen LogP contribution in [0.25, 0.3) is 0 Å². The molecule has 7 heteroatoms. The van der Waals surface area contributed by atoms with Gasteiger partial charge in [0.2, 0.25) is 0 Å². The quantitative estimate of drug-likeness (QED) is 0.516. The third-order valence-corrected chi connectivity index (χ3v) is 4.06. The summed E-state index contributed by atoms with van der Waals surface area (Å²) in [5.74, 6) is 1.54. The molecule has 0 aliphatic carbocycles. The Balaban J connectivity index is 1.95. The summed E-state index contributed by atoms with van der Waals surface area (Å²) in [5.41, 5.74) is 6.95. The summed E-state index contributed by atoms with van der Waals surface area (Å²) in [6, 6.07) is 8.43. The fraction of sp³-hybridized carbons (Fsp3) is 0.375. The lowest BCUT2D eigenvalue weighted by Crippen LogP contribution is -2.23. The summed E-state index contributed by atoms with van der Waals surface area (Å²) in [7, 11) is 1.61. The van der Waals surface area contributed by atoms with E-state index in [2.05, 4.69) is 0 Å². The van der Waals surface area contributed by atoms with Crippen molar-refractivity contribution in [2.45, 2.75) is 25.5 Å². The molecule has 7 nitrogen and oxygen atoms in total. The topological polar surface area (TPSA) is 94.8 Å². The van der Waals surface area contributed by atoms with E-state index >= 15 is 0 Å². The number of methoxy groups -OCH3 is 1. The van der Waals surface area contributed by atoms with Gasteiger partial charge in [-0.15, -0.1) is 0 Å². The SMILES string of the molecule is COCc1ccc([C@H]2CCCN2c2cc(N)ccc2[N+](=O)[O-])o1. The fourth-order valence-corrected chi connectivity index (χ4v) is 3.07. The number of nitrogens with two attached hydrogens (primary N) is 1. The first-order chi connectivity index (χ1) is 11.1. The zero-order valence-corrected chi connectivity index (χ0v) is 12.9. The largest absolute Gasteiger partial charge is 0.461 e. The number of nitro groups is 1. The van der Waals surface area contributed by atoms with Gasteiger partial charge in [-0.1, -0.05) is 0 Å². The van der Waals surface area contributed by atoms with Crippen LogP contribution in [0, 0.1) is 10.1 Å². The molecule has 1 atom stereocenters. The van der Waals surface area contributed by atoms with Crippen LogP contribution in [0.15, 0.2) is 34.7 Å². The minimum atomic E-state index is -0.372. The molecule has 1 saturated heterocycles. The van der Waals surface area contributed by atoms with Crippen LogP contribution in [0.5, 0.6) is 0 Å². The number of ether oxygens (including phenoxy) is 1. The highest BCUT2D eigenvalue weighted by molar-refractivity contribution is 5.69. The predicted octanol–water partition coefficient (Wildman–Crippen LogP) is 3.26. The monoisotopic (exact) mass is 317 g/mol. The van der Waals surface area contributed by atoms with Gasteiger partial charge < -0.3 is 19.8 Å². The molecule has 2 heterocycles. The van der Waals surface area contributed by atoms with Crippen LogP contribution >= 0.6 is 0 Å². The molecule has 0 unspecified atom stereocenters. The molecule has 0 spiro atoms. The molecule has 1 aliphatic rings. The van der Waals surface area contributed by atoms with Gasteiger partial charge in [0.1, 0.15) is 23.8 Å². The lowest BCUT2D eigenvalue weighted by atomic mass is 10.1. The van der Waals surface area contributed by atoms with Crippen LogP contribution in [-0.2, 0) is 11.3 Å². The first-order valence-electron chi connectivity index (χ1n) is 7.48. The van der Waals surface area contributed by atoms with E-state index < -0.39 is 0 Å². The minimum Gasteiger partial charge on any atom is -0.461 e. The summed E-state index contributed by atoms with van der Waals surface area (Å²) in [4.78, 5) is 13.0. The molecule has 2 aromatic rings. The molecule has 122 valence electrons. The standard InChI is InChI=1S/C16H19N3O4/c1-22-10-12-5-7-16(23-12)14-3-2-8-18(14)15-9-11(17)4-6-13(15)19(20)21/h4-7,9,14H,2-3,8,10,17H2,1H3/t14-/m1/s1. The van der Waals surface area contributed by atoms with E-state index in [9.17, 15) is 10.1 Å². The number of nitrogens with zero attached hydrogens (tertiary/aromatic N) is 2. The van der Waals surface area contributed by atoms with Gasteiger partial charge in [0, 0.05) is 25.4 Å². The van der Waals surface area contributed by atoms with E-state index in [1.807, 2.05) is 17.0 Å². The summed E-state index contributed by atoms with van der Waals surface area (Å²) >= 11 is 0. The molecule has 1 fully saturated rings. The van der Waals surface area contributed by atoms with Crippen molar-refractivity contribution < 1.29 is 14.1 Å².